The normalized spacial score (nSPS) is 27.4. The average Bonchev–Trinajstić information content (AvgIpc) is 2.60. The summed E-state index contributed by atoms with van der Waals surface area (Å²) in [6.45, 7) is 3.45. The molecule has 25 heavy (non-hydrogen) atoms. The summed E-state index contributed by atoms with van der Waals surface area (Å²) >= 11 is 0. The van der Waals surface area contributed by atoms with Crippen LogP contribution in [0.5, 0.6) is 0 Å². The lowest BCUT2D eigenvalue weighted by atomic mass is 10.1. The van der Waals surface area contributed by atoms with Gasteiger partial charge in [-0.2, -0.15) is 0 Å². The minimum absolute atomic E-state index is 0.0434. The highest BCUT2D eigenvalue weighted by molar-refractivity contribution is 5.76. The third-order valence-electron chi connectivity index (χ3n) is 4.29. The van der Waals surface area contributed by atoms with Crippen LogP contribution in [0, 0.1) is 5.92 Å². The molecule has 0 aromatic heterocycles. The molecule has 0 radical (unpaired) electrons. The van der Waals surface area contributed by atoms with Gasteiger partial charge in [-0.1, -0.05) is 55.5 Å². The summed E-state index contributed by atoms with van der Waals surface area (Å²) in [6, 6.07) is 0. The van der Waals surface area contributed by atoms with E-state index in [-0.39, 0.29) is 12.5 Å². The molecule has 1 rings (SSSR count). The van der Waals surface area contributed by atoms with Crippen molar-refractivity contribution in [3.8, 4) is 0 Å². The molecule has 1 N–H and O–H groups in total. The van der Waals surface area contributed by atoms with E-state index < -0.39 is 0 Å². The smallest absolute Gasteiger partial charge is 0.222 e. The van der Waals surface area contributed by atoms with Crippen molar-refractivity contribution < 1.29 is 9.90 Å². The van der Waals surface area contributed by atoms with E-state index >= 15 is 0 Å². The molecule has 0 aromatic rings. The van der Waals surface area contributed by atoms with Crippen LogP contribution >= 0.6 is 0 Å². The fourth-order valence-electron chi connectivity index (χ4n) is 2.81. The third kappa shape index (κ3) is 11.5. The number of carbonyl (C=O) groups is 1. The molecule has 3 nitrogen and oxygen atoms in total. The number of β-amino-alcohol motifs (C(OH)–C–C–N with tert-alkyl or cyclic N) is 1. The maximum atomic E-state index is 12.3. The summed E-state index contributed by atoms with van der Waals surface area (Å²) in [4.78, 5) is 14.1. The molecule has 0 fully saturated rings. The minimum Gasteiger partial charge on any atom is -0.395 e. The van der Waals surface area contributed by atoms with E-state index in [9.17, 15) is 9.90 Å². The van der Waals surface area contributed by atoms with Gasteiger partial charge in [0.15, 0.2) is 0 Å². The molecule has 1 aliphatic rings. The lowest BCUT2D eigenvalue weighted by Gasteiger charge is -2.21. The first kappa shape index (κ1) is 21.4. The summed E-state index contributed by atoms with van der Waals surface area (Å²) in [5.41, 5.74) is 0. The van der Waals surface area contributed by atoms with E-state index in [4.69, 9.17) is 0 Å². The maximum Gasteiger partial charge on any atom is 0.222 e. The zero-order chi connectivity index (χ0) is 18.2. The molecule has 1 aliphatic heterocycles. The molecule has 1 heterocycles. The second kappa shape index (κ2) is 14.7. The quantitative estimate of drug-likeness (QED) is 0.730. The molecule has 0 aliphatic carbocycles. The van der Waals surface area contributed by atoms with E-state index in [0.717, 1.165) is 51.5 Å². The highest BCUT2D eigenvalue weighted by atomic mass is 16.3. The van der Waals surface area contributed by atoms with Crippen molar-refractivity contribution in [3.63, 3.8) is 0 Å². The molecule has 0 saturated carbocycles. The Balaban J connectivity index is 2.56. The first-order valence-corrected chi connectivity index (χ1v) is 9.76. The van der Waals surface area contributed by atoms with Gasteiger partial charge in [0.05, 0.1) is 6.61 Å². The number of hydrogen-bond donors (Lipinski definition) is 1. The van der Waals surface area contributed by atoms with Crippen molar-refractivity contribution in [1.29, 1.82) is 0 Å². The van der Waals surface area contributed by atoms with Crippen molar-refractivity contribution in [2.75, 3.05) is 19.7 Å². The van der Waals surface area contributed by atoms with E-state index in [1.165, 1.54) is 0 Å². The number of amides is 1. The number of rotatable bonds is 2. The van der Waals surface area contributed by atoms with Gasteiger partial charge in [0.25, 0.3) is 0 Å². The number of nitrogens with zero attached hydrogens (tertiary/aromatic N) is 1. The Hall–Kier alpha value is -1.61. The number of allylic oxidation sites excluding steroid dienone is 8. The van der Waals surface area contributed by atoms with Gasteiger partial charge in [-0.05, 0) is 50.9 Å². The average molecular weight is 346 g/mol. The van der Waals surface area contributed by atoms with E-state index in [2.05, 4.69) is 55.5 Å². The van der Waals surface area contributed by atoms with Gasteiger partial charge in [-0.3, -0.25) is 4.79 Å². The number of aliphatic hydroxyl groups excluding tert-OH is 1. The molecule has 0 bridgehead atoms. The zero-order valence-electron chi connectivity index (χ0n) is 15.8. The summed E-state index contributed by atoms with van der Waals surface area (Å²) in [7, 11) is 0. The number of aliphatic hydroxyl groups is 1. The Morgan fingerprint density at radius 2 is 1.64 bits per heavy atom. The predicted octanol–water partition coefficient (Wildman–Crippen LogP) is 4.80. The second-order valence-corrected chi connectivity index (χ2v) is 6.62. The molecule has 0 aromatic carbocycles. The Kier molecular flexibility index (Phi) is 12.6. The van der Waals surface area contributed by atoms with Crippen LogP contribution in [0.15, 0.2) is 48.6 Å². The molecule has 1 unspecified atom stereocenters. The number of hydrogen-bond acceptors (Lipinski definition) is 2. The van der Waals surface area contributed by atoms with Gasteiger partial charge < -0.3 is 10.0 Å². The minimum atomic E-state index is 0.0434. The standard InChI is InChI=1S/C22H35NO2/c1-21-15-11-7-5-3-2-4-6-8-13-17-22(25)23(19-20-24)18-14-10-9-12-16-21/h3-6,11-12,15-16,21,24H,2,7-10,13-14,17-20H2,1H3/b5-3-,6-4-,15-11-,16-12-. The van der Waals surface area contributed by atoms with Crippen LogP contribution in [0.1, 0.15) is 58.3 Å². The van der Waals surface area contributed by atoms with Crippen LogP contribution in [0.4, 0.5) is 0 Å². The van der Waals surface area contributed by atoms with Gasteiger partial charge in [-0.25, -0.2) is 0 Å². The lowest BCUT2D eigenvalue weighted by Crippen LogP contribution is -2.34. The summed E-state index contributed by atoms with van der Waals surface area (Å²) in [5, 5.41) is 9.18. The molecule has 1 atom stereocenters. The number of carbonyl (C=O) groups excluding carboxylic acids is 1. The highest BCUT2D eigenvalue weighted by Crippen LogP contribution is 2.08. The Morgan fingerprint density at radius 1 is 0.960 bits per heavy atom. The van der Waals surface area contributed by atoms with Gasteiger partial charge in [0.1, 0.15) is 0 Å². The molecular formula is C22H35NO2. The fraction of sp³-hybridized carbons (Fsp3) is 0.591. The topological polar surface area (TPSA) is 40.5 Å². The molecule has 0 saturated heterocycles. The molecule has 0 spiro atoms. The molecule has 1 amide bonds. The van der Waals surface area contributed by atoms with Crippen molar-refractivity contribution in [3.05, 3.63) is 48.6 Å². The fourth-order valence-corrected chi connectivity index (χ4v) is 2.81. The first-order chi connectivity index (χ1) is 12.2. The van der Waals surface area contributed by atoms with Crippen molar-refractivity contribution in [1.82, 2.24) is 4.90 Å². The highest BCUT2D eigenvalue weighted by Gasteiger charge is 2.11. The lowest BCUT2D eigenvalue weighted by molar-refractivity contribution is -0.131. The van der Waals surface area contributed by atoms with Crippen LogP contribution in [0.25, 0.3) is 0 Å². The summed E-state index contributed by atoms with van der Waals surface area (Å²) in [6.07, 6.45) is 25.1. The molecule has 140 valence electrons. The van der Waals surface area contributed by atoms with Crippen molar-refractivity contribution in [2.24, 2.45) is 5.92 Å². The predicted molar refractivity (Wildman–Crippen MR) is 106 cm³/mol. The van der Waals surface area contributed by atoms with Gasteiger partial charge in [-0.15, -0.1) is 0 Å². The van der Waals surface area contributed by atoms with Crippen LogP contribution in [-0.2, 0) is 4.79 Å². The SMILES string of the molecule is CC1/C=C\C/C=C\C/C=C\CCCC(=O)N(CCO)CCCC/C=C\1. The Labute approximate surface area is 153 Å². The maximum absolute atomic E-state index is 12.3. The summed E-state index contributed by atoms with van der Waals surface area (Å²) in [5.74, 6) is 0.636. The van der Waals surface area contributed by atoms with Crippen molar-refractivity contribution >= 4 is 5.91 Å². The van der Waals surface area contributed by atoms with E-state index in [0.29, 0.717) is 18.9 Å². The van der Waals surface area contributed by atoms with Crippen molar-refractivity contribution in [2.45, 2.75) is 58.3 Å². The van der Waals surface area contributed by atoms with Crippen LogP contribution in [0.3, 0.4) is 0 Å². The summed E-state index contributed by atoms with van der Waals surface area (Å²) < 4.78 is 0. The molecular weight excluding hydrogens is 310 g/mol. The molecule has 3 heteroatoms. The van der Waals surface area contributed by atoms with Gasteiger partial charge >= 0.3 is 0 Å². The van der Waals surface area contributed by atoms with Crippen LogP contribution in [0.2, 0.25) is 0 Å². The van der Waals surface area contributed by atoms with Gasteiger partial charge in [0, 0.05) is 19.5 Å². The third-order valence-corrected chi connectivity index (χ3v) is 4.29. The Bertz CT molecular complexity index is 463. The van der Waals surface area contributed by atoms with Crippen LogP contribution in [-0.4, -0.2) is 35.6 Å². The Morgan fingerprint density at radius 3 is 2.44 bits per heavy atom. The first-order valence-electron chi connectivity index (χ1n) is 9.76. The zero-order valence-corrected chi connectivity index (χ0v) is 15.8. The van der Waals surface area contributed by atoms with Gasteiger partial charge in [0.2, 0.25) is 5.91 Å². The van der Waals surface area contributed by atoms with Crippen LogP contribution < -0.4 is 0 Å². The van der Waals surface area contributed by atoms with E-state index in [1.54, 1.807) is 0 Å². The largest absolute Gasteiger partial charge is 0.395 e. The van der Waals surface area contributed by atoms with E-state index in [1.807, 2.05) is 4.90 Å². The second-order valence-electron chi connectivity index (χ2n) is 6.62. The monoisotopic (exact) mass is 345 g/mol.